The van der Waals surface area contributed by atoms with Crippen molar-refractivity contribution in [2.45, 2.75) is 65.2 Å². The van der Waals surface area contributed by atoms with E-state index in [2.05, 4.69) is 19.9 Å². The van der Waals surface area contributed by atoms with E-state index >= 15 is 0 Å². The highest BCUT2D eigenvalue weighted by molar-refractivity contribution is 8.04. The van der Waals surface area contributed by atoms with Crippen molar-refractivity contribution in [3.05, 3.63) is 11.0 Å². The molecule has 3 heteroatoms. The van der Waals surface area contributed by atoms with Gasteiger partial charge >= 0.3 is 0 Å². The lowest BCUT2D eigenvalue weighted by Crippen LogP contribution is -1.87. The summed E-state index contributed by atoms with van der Waals surface area (Å²) in [6, 6.07) is 0. The van der Waals surface area contributed by atoms with Crippen molar-refractivity contribution in [1.82, 2.24) is 0 Å². The van der Waals surface area contributed by atoms with E-state index in [0.717, 1.165) is 22.7 Å². The monoisotopic (exact) mass is 302 g/mol. The van der Waals surface area contributed by atoms with Crippen LogP contribution in [0.15, 0.2) is 11.0 Å². The first-order valence-corrected chi connectivity index (χ1v) is 9.85. The SMILES string of the molecule is CCCCCCSCC=C(C=O)SCCCCCC. The number of carbonyl (C=O) groups excluding carboxylic acids is 1. The van der Waals surface area contributed by atoms with Crippen molar-refractivity contribution in [1.29, 1.82) is 0 Å². The van der Waals surface area contributed by atoms with Crippen LogP contribution in [-0.4, -0.2) is 23.5 Å². The highest BCUT2D eigenvalue weighted by atomic mass is 32.2. The molecule has 0 aliphatic rings. The lowest BCUT2D eigenvalue weighted by molar-refractivity contribution is -0.104. The minimum atomic E-state index is 0.928. The van der Waals surface area contributed by atoms with E-state index in [9.17, 15) is 4.79 Å². The van der Waals surface area contributed by atoms with E-state index in [1.165, 1.54) is 57.1 Å². The Labute approximate surface area is 128 Å². The van der Waals surface area contributed by atoms with Crippen LogP contribution in [0.5, 0.6) is 0 Å². The third kappa shape index (κ3) is 14.3. The molecule has 0 unspecified atom stereocenters. The van der Waals surface area contributed by atoms with Crippen molar-refractivity contribution >= 4 is 29.8 Å². The first kappa shape index (κ1) is 19.1. The summed E-state index contributed by atoms with van der Waals surface area (Å²) in [5.74, 6) is 3.30. The number of rotatable bonds is 14. The normalized spacial score (nSPS) is 11.8. The molecule has 0 atom stereocenters. The maximum absolute atomic E-state index is 10.9. The van der Waals surface area contributed by atoms with Gasteiger partial charge in [-0.05, 0) is 24.3 Å². The van der Waals surface area contributed by atoms with Gasteiger partial charge in [-0.1, -0.05) is 58.4 Å². The van der Waals surface area contributed by atoms with Crippen LogP contribution >= 0.6 is 23.5 Å². The van der Waals surface area contributed by atoms with Gasteiger partial charge in [0.1, 0.15) is 0 Å². The molecule has 0 rings (SSSR count). The first-order chi connectivity index (χ1) is 9.35. The third-order valence-corrected chi connectivity index (χ3v) is 5.00. The fourth-order valence-electron chi connectivity index (χ4n) is 1.72. The molecule has 0 aliphatic carbocycles. The van der Waals surface area contributed by atoms with Crippen molar-refractivity contribution in [2.24, 2.45) is 0 Å². The fraction of sp³-hybridized carbons (Fsp3) is 0.812. The van der Waals surface area contributed by atoms with Crippen molar-refractivity contribution in [3.8, 4) is 0 Å². The van der Waals surface area contributed by atoms with Crippen LogP contribution < -0.4 is 0 Å². The molecule has 0 spiro atoms. The molecule has 0 amide bonds. The average Bonchev–Trinajstić information content (AvgIpc) is 2.44. The fourth-order valence-corrected chi connectivity index (χ4v) is 3.55. The summed E-state index contributed by atoms with van der Waals surface area (Å²) in [4.78, 5) is 11.9. The quantitative estimate of drug-likeness (QED) is 0.233. The second kappa shape index (κ2) is 16.2. The molecule has 0 heterocycles. The lowest BCUT2D eigenvalue weighted by atomic mass is 10.2. The van der Waals surface area contributed by atoms with E-state index in [0.29, 0.717) is 0 Å². The Morgan fingerprint density at radius 2 is 1.53 bits per heavy atom. The zero-order chi connectivity index (χ0) is 14.2. The number of hydrogen-bond donors (Lipinski definition) is 0. The third-order valence-electron chi connectivity index (χ3n) is 2.93. The number of hydrogen-bond acceptors (Lipinski definition) is 3. The van der Waals surface area contributed by atoms with Gasteiger partial charge in [-0.15, -0.1) is 11.8 Å². The average molecular weight is 303 g/mol. The lowest BCUT2D eigenvalue weighted by Gasteiger charge is -2.01. The van der Waals surface area contributed by atoms with Gasteiger partial charge in [-0.3, -0.25) is 4.79 Å². The van der Waals surface area contributed by atoms with E-state index in [1.807, 2.05) is 11.8 Å². The Kier molecular flexibility index (Phi) is 16.3. The van der Waals surface area contributed by atoms with Gasteiger partial charge in [-0.25, -0.2) is 0 Å². The van der Waals surface area contributed by atoms with Crippen molar-refractivity contribution < 1.29 is 4.79 Å². The molecule has 0 N–H and O–H groups in total. The first-order valence-electron chi connectivity index (χ1n) is 7.71. The Hall–Kier alpha value is 0.110. The Balaban J connectivity index is 3.49. The summed E-state index contributed by atoms with van der Waals surface area (Å²) in [5, 5.41) is 0. The summed E-state index contributed by atoms with van der Waals surface area (Å²) in [6.07, 6.45) is 13.5. The second-order valence-corrected chi connectivity index (χ2v) is 7.09. The minimum Gasteiger partial charge on any atom is -0.297 e. The molecule has 0 aromatic rings. The van der Waals surface area contributed by atoms with E-state index in [1.54, 1.807) is 11.8 Å². The van der Waals surface area contributed by atoms with Crippen LogP contribution in [0, 0.1) is 0 Å². The number of aldehydes is 1. The van der Waals surface area contributed by atoms with Gasteiger partial charge in [-0.2, -0.15) is 11.8 Å². The van der Waals surface area contributed by atoms with Crippen LogP contribution in [0.2, 0.25) is 0 Å². The molecule has 0 aromatic carbocycles. The Morgan fingerprint density at radius 3 is 2.11 bits per heavy atom. The summed E-state index contributed by atoms with van der Waals surface area (Å²) >= 11 is 3.67. The molecular formula is C16H30OS2. The zero-order valence-electron chi connectivity index (χ0n) is 12.7. The molecule has 0 saturated heterocycles. The molecule has 0 bridgehead atoms. The van der Waals surface area contributed by atoms with Gasteiger partial charge in [0.2, 0.25) is 0 Å². The second-order valence-electron chi connectivity index (χ2n) is 4.77. The van der Waals surface area contributed by atoms with Crippen molar-refractivity contribution in [2.75, 3.05) is 17.3 Å². The minimum absolute atomic E-state index is 0.928. The highest BCUT2D eigenvalue weighted by Crippen LogP contribution is 2.17. The smallest absolute Gasteiger partial charge is 0.156 e. The molecule has 1 nitrogen and oxygen atoms in total. The standard InChI is InChI=1S/C16H30OS2/c1-3-5-7-9-12-18-14-11-16(15-17)19-13-10-8-6-4-2/h11,15H,3-10,12-14H2,1-2H3. The van der Waals surface area contributed by atoms with E-state index in [-0.39, 0.29) is 0 Å². The number of allylic oxidation sites excluding steroid dienone is 1. The molecule has 112 valence electrons. The van der Waals surface area contributed by atoms with Gasteiger partial charge in [0.15, 0.2) is 6.29 Å². The van der Waals surface area contributed by atoms with Crippen LogP contribution in [0.4, 0.5) is 0 Å². The van der Waals surface area contributed by atoms with Gasteiger partial charge < -0.3 is 0 Å². The maximum atomic E-state index is 10.9. The van der Waals surface area contributed by atoms with Crippen LogP contribution in [-0.2, 0) is 4.79 Å². The van der Waals surface area contributed by atoms with Crippen LogP contribution in [0.25, 0.3) is 0 Å². The summed E-state index contributed by atoms with van der Waals surface area (Å²) in [6.45, 7) is 4.46. The van der Waals surface area contributed by atoms with Gasteiger partial charge in [0, 0.05) is 10.7 Å². The molecule has 0 aliphatic heterocycles. The molecule has 0 saturated carbocycles. The molecule has 0 radical (unpaired) electrons. The molecule has 19 heavy (non-hydrogen) atoms. The predicted octanol–water partition coefficient (Wildman–Crippen LogP) is 5.70. The number of thioether (sulfide) groups is 2. The van der Waals surface area contributed by atoms with Gasteiger partial charge in [0.05, 0.1) is 0 Å². The Bertz CT molecular complexity index is 227. The summed E-state index contributed by atoms with van der Waals surface area (Å²) in [7, 11) is 0. The largest absolute Gasteiger partial charge is 0.297 e. The van der Waals surface area contributed by atoms with Gasteiger partial charge in [0.25, 0.3) is 0 Å². The Morgan fingerprint density at radius 1 is 0.895 bits per heavy atom. The maximum Gasteiger partial charge on any atom is 0.156 e. The topological polar surface area (TPSA) is 17.1 Å². The van der Waals surface area contributed by atoms with E-state index in [4.69, 9.17) is 0 Å². The summed E-state index contributed by atoms with van der Waals surface area (Å²) in [5.41, 5.74) is 0. The van der Waals surface area contributed by atoms with Crippen molar-refractivity contribution in [3.63, 3.8) is 0 Å². The van der Waals surface area contributed by atoms with E-state index < -0.39 is 0 Å². The van der Waals surface area contributed by atoms with Crippen LogP contribution in [0.1, 0.15) is 65.2 Å². The molecular weight excluding hydrogens is 272 g/mol. The number of unbranched alkanes of at least 4 members (excludes halogenated alkanes) is 6. The highest BCUT2D eigenvalue weighted by Gasteiger charge is 1.97. The van der Waals surface area contributed by atoms with Crippen LogP contribution in [0.3, 0.4) is 0 Å². The zero-order valence-corrected chi connectivity index (χ0v) is 14.3. The summed E-state index contributed by atoms with van der Waals surface area (Å²) < 4.78 is 0. The predicted molar refractivity (Wildman–Crippen MR) is 92.2 cm³/mol. The number of carbonyl (C=O) groups is 1. The molecule has 0 fully saturated rings. The molecule has 0 aromatic heterocycles.